The number of hydrogen-bond acceptors (Lipinski definition) is 3. The van der Waals surface area contributed by atoms with Gasteiger partial charge in [0.1, 0.15) is 5.69 Å². The molecule has 0 spiro atoms. The standard InChI is InChI=1S/C17H22N4O/c1-13-9-21(10-14-6-4-3-5-7-14)11-15(13)19-17(22)16-8-18-12-20(16)2/h3-8,12-13,15H,9-11H2,1-2H3,(H,19,22)/t13-,15-/m0/s1. The van der Waals surface area contributed by atoms with E-state index < -0.39 is 0 Å². The third-order valence-corrected chi connectivity index (χ3v) is 4.30. The van der Waals surface area contributed by atoms with E-state index in [-0.39, 0.29) is 11.9 Å². The Bertz CT molecular complexity index is 637. The smallest absolute Gasteiger partial charge is 0.269 e. The van der Waals surface area contributed by atoms with E-state index in [9.17, 15) is 4.79 Å². The van der Waals surface area contributed by atoms with E-state index in [1.165, 1.54) is 5.56 Å². The van der Waals surface area contributed by atoms with Crippen LogP contribution in [0.25, 0.3) is 0 Å². The van der Waals surface area contributed by atoms with Crippen LogP contribution in [-0.2, 0) is 13.6 Å². The topological polar surface area (TPSA) is 50.2 Å². The second-order valence-electron chi connectivity index (χ2n) is 6.13. The summed E-state index contributed by atoms with van der Waals surface area (Å²) < 4.78 is 1.75. The van der Waals surface area contributed by atoms with Crippen LogP contribution < -0.4 is 5.32 Å². The highest BCUT2D eigenvalue weighted by Gasteiger charge is 2.31. The molecule has 0 bridgehead atoms. The minimum absolute atomic E-state index is 0.0431. The van der Waals surface area contributed by atoms with Crippen LogP contribution in [0.3, 0.4) is 0 Å². The molecular formula is C17H22N4O. The lowest BCUT2D eigenvalue weighted by atomic mass is 10.1. The average molecular weight is 298 g/mol. The molecule has 1 fully saturated rings. The molecule has 1 N–H and O–H groups in total. The molecule has 2 atom stereocenters. The second kappa shape index (κ2) is 6.32. The fourth-order valence-corrected chi connectivity index (χ4v) is 3.04. The predicted molar refractivity (Wildman–Crippen MR) is 85.3 cm³/mol. The molecule has 1 aliphatic heterocycles. The van der Waals surface area contributed by atoms with E-state index in [0.29, 0.717) is 11.6 Å². The summed E-state index contributed by atoms with van der Waals surface area (Å²) in [7, 11) is 1.84. The van der Waals surface area contributed by atoms with Gasteiger partial charge in [-0.25, -0.2) is 4.98 Å². The Morgan fingerprint density at radius 3 is 2.77 bits per heavy atom. The van der Waals surface area contributed by atoms with Crippen molar-refractivity contribution in [3.05, 3.63) is 54.1 Å². The van der Waals surface area contributed by atoms with Gasteiger partial charge in [-0.1, -0.05) is 37.3 Å². The zero-order valence-electron chi connectivity index (χ0n) is 13.1. The fraction of sp³-hybridized carbons (Fsp3) is 0.412. The first-order chi connectivity index (χ1) is 10.6. The van der Waals surface area contributed by atoms with Gasteiger partial charge in [0.15, 0.2) is 0 Å². The minimum atomic E-state index is -0.0431. The van der Waals surface area contributed by atoms with Crippen molar-refractivity contribution in [1.82, 2.24) is 19.8 Å². The van der Waals surface area contributed by atoms with Crippen LogP contribution in [-0.4, -0.2) is 39.5 Å². The maximum atomic E-state index is 12.3. The molecule has 1 aromatic carbocycles. The highest BCUT2D eigenvalue weighted by atomic mass is 16.2. The molecule has 5 heteroatoms. The Kier molecular flexibility index (Phi) is 4.24. The van der Waals surface area contributed by atoms with Crippen molar-refractivity contribution in [3.8, 4) is 0 Å². The van der Waals surface area contributed by atoms with Gasteiger partial charge in [-0.3, -0.25) is 9.69 Å². The number of carbonyl (C=O) groups excluding carboxylic acids is 1. The predicted octanol–water partition coefficient (Wildman–Crippen LogP) is 1.67. The van der Waals surface area contributed by atoms with Crippen molar-refractivity contribution in [2.24, 2.45) is 13.0 Å². The number of aryl methyl sites for hydroxylation is 1. The van der Waals surface area contributed by atoms with Crippen LogP contribution in [0.1, 0.15) is 23.0 Å². The quantitative estimate of drug-likeness (QED) is 0.934. The molecule has 3 rings (SSSR count). The lowest BCUT2D eigenvalue weighted by molar-refractivity contribution is 0.0923. The Balaban J connectivity index is 1.59. The summed E-state index contributed by atoms with van der Waals surface area (Å²) in [5.41, 5.74) is 1.92. The summed E-state index contributed by atoms with van der Waals surface area (Å²) in [5, 5.41) is 3.15. The van der Waals surface area contributed by atoms with Crippen LogP contribution in [0.15, 0.2) is 42.9 Å². The van der Waals surface area contributed by atoms with Crippen molar-refractivity contribution in [3.63, 3.8) is 0 Å². The Labute approximate surface area is 131 Å². The molecule has 0 unspecified atom stereocenters. The number of hydrogen-bond donors (Lipinski definition) is 1. The SMILES string of the molecule is C[C@H]1CN(Cc2ccccc2)C[C@@H]1NC(=O)c1cncn1C. The second-order valence-corrected chi connectivity index (χ2v) is 6.13. The maximum absolute atomic E-state index is 12.3. The summed E-state index contributed by atoms with van der Waals surface area (Å²) in [5.74, 6) is 0.402. The Morgan fingerprint density at radius 2 is 2.09 bits per heavy atom. The number of nitrogens with one attached hydrogen (secondary N) is 1. The normalized spacial score (nSPS) is 21.9. The number of rotatable bonds is 4. The molecule has 1 amide bonds. The highest BCUT2D eigenvalue weighted by Crippen LogP contribution is 2.19. The number of benzene rings is 1. The van der Waals surface area contributed by atoms with E-state index in [2.05, 4.69) is 46.4 Å². The fourth-order valence-electron chi connectivity index (χ4n) is 3.04. The van der Waals surface area contributed by atoms with E-state index >= 15 is 0 Å². The zero-order chi connectivity index (χ0) is 15.5. The molecule has 5 nitrogen and oxygen atoms in total. The third kappa shape index (κ3) is 3.20. The van der Waals surface area contributed by atoms with Gasteiger partial charge in [0, 0.05) is 32.7 Å². The zero-order valence-corrected chi connectivity index (χ0v) is 13.1. The monoisotopic (exact) mass is 298 g/mol. The number of amides is 1. The first-order valence-corrected chi connectivity index (χ1v) is 7.67. The van der Waals surface area contributed by atoms with Crippen LogP contribution in [0.2, 0.25) is 0 Å². The average Bonchev–Trinajstić information content (AvgIpc) is 3.06. The molecular weight excluding hydrogens is 276 g/mol. The van der Waals surface area contributed by atoms with E-state index in [4.69, 9.17) is 0 Å². The third-order valence-electron chi connectivity index (χ3n) is 4.30. The van der Waals surface area contributed by atoms with Crippen LogP contribution in [0.4, 0.5) is 0 Å². The van der Waals surface area contributed by atoms with Gasteiger partial charge in [-0.15, -0.1) is 0 Å². The Hall–Kier alpha value is -2.14. The van der Waals surface area contributed by atoms with Crippen molar-refractivity contribution in [2.45, 2.75) is 19.5 Å². The lowest BCUT2D eigenvalue weighted by Gasteiger charge is -2.17. The molecule has 2 aromatic rings. The number of carbonyl (C=O) groups is 1. The van der Waals surface area contributed by atoms with Crippen LogP contribution in [0, 0.1) is 5.92 Å². The van der Waals surface area contributed by atoms with Gasteiger partial charge in [0.05, 0.1) is 12.5 Å². The summed E-state index contributed by atoms with van der Waals surface area (Å²) >= 11 is 0. The molecule has 0 aliphatic carbocycles. The van der Waals surface area contributed by atoms with Gasteiger partial charge < -0.3 is 9.88 Å². The van der Waals surface area contributed by atoms with Crippen molar-refractivity contribution in [2.75, 3.05) is 13.1 Å². The number of aromatic nitrogens is 2. The van der Waals surface area contributed by atoms with Gasteiger partial charge in [-0.05, 0) is 11.5 Å². The summed E-state index contributed by atoms with van der Waals surface area (Å²) in [6.07, 6.45) is 3.26. The molecule has 22 heavy (non-hydrogen) atoms. The summed E-state index contributed by atoms with van der Waals surface area (Å²) in [4.78, 5) is 18.7. The van der Waals surface area contributed by atoms with Gasteiger partial charge >= 0.3 is 0 Å². The molecule has 0 saturated carbocycles. The van der Waals surface area contributed by atoms with Gasteiger partial charge in [0.25, 0.3) is 5.91 Å². The number of likely N-dealkylation sites (tertiary alicyclic amines) is 1. The number of imidazole rings is 1. The molecule has 1 aliphatic rings. The molecule has 1 aromatic heterocycles. The first-order valence-electron chi connectivity index (χ1n) is 7.67. The summed E-state index contributed by atoms with van der Waals surface area (Å²) in [6.45, 7) is 5.02. The van der Waals surface area contributed by atoms with E-state index in [1.807, 2.05) is 13.1 Å². The van der Waals surface area contributed by atoms with Gasteiger partial charge in [-0.2, -0.15) is 0 Å². The Morgan fingerprint density at radius 1 is 1.32 bits per heavy atom. The minimum Gasteiger partial charge on any atom is -0.346 e. The summed E-state index contributed by atoms with van der Waals surface area (Å²) in [6, 6.07) is 10.6. The lowest BCUT2D eigenvalue weighted by Crippen LogP contribution is -2.40. The largest absolute Gasteiger partial charge is 0.346 e. The molecule has 1 saturated heterocycles. The van der Waals surface area contributed by atoms with Crippen molar-refractivity contribution < 1.29 is 4.79 Å². The van der Waals surface area contributed by atoms with E-state index in [0.717, 1.165) is 19.6 Å². The maximum Gasteiger partial charge on any atom is 0.269 e. The molecule has 0 radical (unpaired) electrons. The highest BCUT2D eigenvalue weighted by molar-refractivity contribution is 5.92. The van der Waals surface area contributed by atoms with Crippen molar-refractivity contribution in [1.29, 1.82) is 0 Å². The van der Waals surface area contributed by atoms with Crippen LogP contribution in [0.5, 0.6) is 0 Å². The van der Waals surface area contributed by atoms with Crippen molar-refractivity contribution >= 4 is 5.91 Å². The molecule has 2 heterocycles. The van der Waals surface area contributed by atoms with Crippen LogP contribution >= 0.6 is 0 Å². The van der Waals surface area contributed by atoms with E-state index in [1.54, 1.807) is 17.1 Å². The van der Waals surface area contributed by atoms with Gasteiger partial charge in [0.2, 0.25) is 0 Å². The first kappa shape index (κ1) is 14.8. The number of nitrogens with zero attached hydrogens (tertiary/aromatic N) is 3. The molecule has 116 valence electrons.